The number of esters is 1. The minimum absolute atomic E-state index is 0.0203. The third-order valence-corrected chi connectivity index (χ3v) is 8.75. The van der Waals surface area contributed by atoms with Gasteiger partial charge in [0.25, 0.3) is 11.2 Å². The van der Waals surface area contributed by atoms with E-state index in [-0.39, 0.29) is 30.0 Å². The van der Waals surface area contributed by atoms with Crippen LogP contribution in [-0.4, -0.2) is 29.2 Å². The number of nitrogens with zero attached hydrogens (tertiary/aromatic N) is 3. The first-order chi connectivity index (χ1) is 21.1. The van der Waals surface area contributed by atoms with Gasteiger partial charge in [0.05, 0.1) is 34.4 Å². The van der Waals surface area contributed by atoms with Gasteiger partial charge in [-0.2, -0.15) is 0 Å². The van der Waals surface area contributed by atoms with Gasteiger partial charge in [-0.25, -0.2) is 9.79 Å². The molecule has 1 aromatic heterocycles. The van der Waals surface area contributed by atoms with Crippen LogP contribution in [0.4, 0.5) is 5.69 Å². The van der Waals surface area contributed by atoms with Crippen molar-refractivity contribution in [3.8, 4) is 11.5 Å². The van der Waals surface area contributed by atoms with Crippen LogP contribution in [0.1, 0.15) is 36.6 Å². The largest absolute Gasteiger partial charge is 0.493 e. The third-order valence-electron chi connectivity index (χ3n) is 6.80. The Bertz CT molecular complexity index is 1990. The van der Waals surface area contributed by atoms with E-state index >= 15 is 0 Å². The predicted octanol–water partition coefficient (Wildman–Crippen LogP) is 5.55. The number of hydrogen-bond acceptors (Lipinski definition) is 9. The lowest BCUT2D eigenvalue weighted by Crippen LogP contribution is -2.40. The molecular weight excluding hydrogens is 721 g/mol. The molecule has 226 valence electrons. The average Bonchev–Trinajstić information content (AvgIpc) is 3.30. The number of carbonyl (C=O) groups excluding carboxylic acids is 1. The maximum atomic E-state index is 14.1. The number of hydrogen-bond donors (Lipinski definition) is 0. The second-order valence-electron chi connectivity index (χ2n) is 9.56. The molecule has 5 rings (SSSR count). The zero-order chi connectivity index (χ0) is 31.5. The van der Waals surface area contributed by atoms with E-state index in [1.807, 2.05) is 6.07 Å². The van der Waals surface area contributed by atoms with Crippen LogP contribution in [0, 0.1) is 13.7 Å². The molecule has 0 bridgehead atoms. The van der Waals surface area contributed by atoms with E-state index in [9.17, 15) is 19.7 Å². The Morgan fingerprint density at radius 2 is 1.93 bits per heavy atom. The summed E-state index contributed by atoms with van der Waals surface area (Å²) in [5.41, 5.74) is 2.15. The molecule has 0 amide bonds. The van der Waals surface area contributed by atoms with Crippen molar-refractivity contribution >= 4 is 63.3 Å². The Labute approximate surface area is 274 Å². The highest BCUT2D eigenvalue weighted by Gasteiger charge is 2.34. The molecule has 0 spiro atoms. The van der Waals surface area contributed by atoms with Gasteiger partial charge in [0.1, 0.15) is 12.6 Å². The van der Waals surface area contributed by atoms with Gasteiger partial charge in [0, 0.05) is 26.3 Å². The van der Waals surface area contributed by atoms with Crippen molar-refractivity contribution in [3.63, 3.8) is 0 Å². The summed E-state index contributed by atoms with van der Waals surface area (Å²) in [6.45, 7) is 3.68. The van der Waals surface area contributed by atoms with E-state index in [4.69, 9.17) is 25.8 Å². The molecule has 0 saturated heterocycles. The molecule has 10 nitrogen and oxygen atoms in total. The highest BCUT2D eigenvalue weighted by Crippen LogP contribution is 2.36. The van der Waals surface area contributed by atoms with Gasteiger partial charge < -0.3 is 14.2 Å². The molecule has 0 aliphatic carbocycles. The van der Waals surface area contributed by atoms with Crippen LogP contribution < -0.4 is 24.4 Å². The standard InChI is InChI=1S/C31H25ClIN3O7S/c1-4-42-30(38)26-17(2)34-31-35(27(26)22-7-5-6-8-23(22)32)29(37)25(44-31)14-19-13-20(33)15-24(41-3)28(19)43-16-18-9-11-21(12-10-18)36(39)40/h5-15,27H,4,16H2,1-3H3/b25-14-/t27-/m0/s1. The van der Waals surface area contributed by atoms with Gasteiger partial charge in [-0.1, -0.05) is 41.1 Å². The minimum Gasteiger partial charge on any atom is -0.493 e. The number of fused-ring (bicyclic) bond motifs is 1. The summed E-state index contributed by atoms with van der Waals surface area (Å²) < 4.78 is 19.8. The van der Waals surface area contributed by atoms with Crippen LogP contribution in [0.5, 0.6) is 11.5 Å². The number of rotatable bonds is 9. The van der Waals surface area contributed by atoms with E-state index in [1.54, 1.807) is 62.4 Å². The van der Waals surface area contributed by atoms with Gasteiger partial charge in [0.15, 0.2) is 16.3 Å². The molecule has 1 aliphatic heterocycles. The molecule has 1 atom stereocenters. The van der Waals surface area contributed by atoms with Crippen molar-refractivity contribution in [1.29, 1.82) is 0 Å². The van der Waals surface area contributed by atoms with Crippen LogP contribution in [-0.2, 0) is 16.1 Å². The lowest BCUT2D eigenvalue weighted by molar-refractivity contribution is -0.384. The lowest BCUT2D eigenvalue weighted by Gasteiger charge is -2.25. The van der Waals surface area contributed by atoms with E-state index in [0.29, 0.717) is 48.2 Å². The lowest BCUT2D eigenvalue weighted by atomic mass is 9.96. The number of non-ortho nitro benzene ring substituents is 1. The van der Waals surface area contributed by atoms with Crippen molar-refractivity contribution in [3.05, 3.63) is 127 Å². The Morgan fingerprint density at radius 1 is 1.20 bits per heavy atom. The number of nitro groups is 1. The molecule has 0 N–H and O–H groups in total. The highest BCUT2D eigenvalue weighted by molar-refractivity contribution is 14.1. The Kier molecular flexibility index (Phi) is 9.51. The number of allylic oxidation sites excluding steroid dienone is 1. The SMILES string of the molecule is CCOC(=O)C1=C(C)N=c2s/c(=C\c3cc(I)cc(OC)c3OCc3ccc([N+](=O)[O-])cc3)c(=O)n2[C@H]1c1ccccc1Cl. The molecule has 1 aliphatic rings. The number of ether oxygens (including phenoxy) is 3. The topological polar surface area (TPSA) is 122 Å². The first-order valence-corrected chi connectivity index (χ1v) is 15.6. The fourth-order valence-electron chi connectivity index (χ4n) is 4.80. The van der Waals surface area contributed by atoms with Crippen molar-refractivity contribution in [2.45, 2.75) is 26.5 Å². The summed E-state index contributed by atoms with van der Waals surface area (Å²) in [5, 5.41) is 11.4. The number of nitro benzene ring substituents is 1. The van der Waals surface area contributed by atoms with Crippen LogP contribution in [0.15, 0.2) is 81.7 Å². The van der Waals surface area contributed by atoms with E-state index < -0.39 is 16.9 Å². The summed E-state index contributed by atoms with van der Waals surface area (Å²) >= 11 is 9.93. The molecular formula is C31H25ClIN3O7S. The molecule has 0 fully saturated rings. The summed E-state index contributed by atoms with van der Waals surface area (Å²) in [6, 6.07) is 15.9. The maximum absolute atomic E-state index is 14.1. The Hall–Kier alpha value is -4.01. The Balaban J connectivity index is 1.64. The first kappa shape index (κ1) is 31.4. The third kappa shape index (κ3) is 6.28. The molecule has 0 unspecified atom stereocenters. The van der Waals surface area contributed by atoms with Gasteiger partial charge in [-0.3, -0.25) is 19.5 Å². The number of methoxy groups -OCH3 is 1. The molecule has 13 heteroatoms. The summed E-state index contributed by atoms with van der Waals surface area (Å²) in [7, 11) is 1.52. The molecule has 4 aromatic rings. The number of carbonyl (C=O) groups is 1. The van der Waals surface area contributed by atoms with Crippen LogP contribution in [0.2, 0.25) is 5.02 Å². The van der Waals surface area contributed by atoms with E-state index in [0.717, 1.165) is 3.57 Å². The zero-order valence-electron chi connectivity index (χ0n) is 23.7. The van der Waals surface area contributed by atoms with Gasteiger partial charge in [0.2, 0.25) is 0 Å². The number of halogens is 2. The zero-order valence-corrected chi connectivity index (χ0v) is 27.4. The van der Waals surface area contributed by atoms with Crippen LogP contribution in [0.3, 0.4) is 0 Å². The number of benzene rings is 3. The number of aromatic nitrogens is 1. The Morgan fingerprint density at radius 3 is 2.59 bits per heavy atom. The quantitative estimate of drug-likeness (QED) is 0.0953. The molecule has 2 heterocycles. The molecule has 0 saturated carbocycles. The van der Waals surface area contributed by atoms with Gasteiger partial charge in [-0.05, 0) is 84.0 Å². The normalized spacial score (nSPS) is 14.6. The van der Waals surface area contributed by atoms with Gasteiger partial charge >= 0.3 is 5.97 Å². The number of thiazole rings is 1. The average molecular weight is 746 g/mol. The molecule has 3 aromatic carbocycles. The van der Waals surface area contributed by atoms with Gasteiger partial charge in [-0.15, -0.1) is 0 Å². The predicted molar refractivity (Wildman–Crippen MR) is 175 cm³/mol. The van der Waals surface area contributed by atoms with Crippen molar-refractivity contribution in [1.82, 2.24) is 4.57 Å². The first-order valence-electron chi connectivity index (χ1n) is 13.3. The monoisotopic (exact) mass is 745 g/mol. The van der Waals surface area contributed by atoms with Crippen LogP contribution in [0.25, 0.3) is 6.08 Å². The van der Waals surface area contributed by atoms with E-state index in [2.05, 4.69) is 27.6 Å². The van der Waals surface area contributed by atoms with E-state index in [1.165, 1.54) is 35.1 Å². The summed E-state index contributed by atoms with van der Waals surface area (Å²) in [4.78, 5) is 42.8. The summed E-state index contributed by atoms with van der Waals surface area (Å²) in [5.74, 6) is 0.271. The molecule has 0 radical (unpaired) electrons. The molecule has 44 heavy (non-hydrogen) atoms. The fourth-order valence-corrected chi connectivity index (χ4v) is 6.69. The van der Waals surface area contributed by atoms with Crippen molar-refractivity contribution < 1.29 is 23.9 Å². The maximum Gasteiger partial charge on any atom is 0.338 e. The summed E-state index contributed by atoms with van der Waals surface area (Å²) in [6.07, 6.45) is 1.70. The second-order valence-corrected chi connectivity index (χ2v) is 12.2. The van der Waals surface area contributed by atoms with Crippen molar-refractivity contribution in [2.24, 2.45) is 4.99 Å². The second kappa shape index (κ2) is 13.3. The van der Waals surface area contributed by atoms with Crippen LogP contribution >= 0.6 is 45.5 Å². The highest BCUT2D eigenvalue weighted by atomic mass is 127. The fraction of sp³-hybridized carbons (Fsp3) is 0.194. The smallest absolute Gasteiger partial charge is 0.338 e. The minimum atomic E-state index is -0.843. The van der Waals surface area contributed by atoms with Crippen molar-refractivity contribution in [2.75, 3.05) is 13.7 Å².